The molecule has 1 atom stereocenters. The highest BCUT2D eigenvalue weighted by atomic mass is 79.9. The maximum absolute atomic E-state index is 11.5. The van der Waals surface area contributed by atoms with Gasteiger partial charge in [0.2, 0.25) is 17.7 Å². The number of pyridine rings is 2. The Kier molecular flexibility index (Phi) is 26.5. The van der Waals surface area contributed by atoms with E-state index >= 15 is 0 Å². The van der Waals surface area contributed by atoms with Gasteiger partial charge in [-0.25, -0.2) is 9.97 Å². The molecular formula is C88H86Br2Cl4N10O4. The molecule has 2 N–H and O–H groups in total. The molecule has 0 aliphatic carbocycles. The van der Waals surface area contributed by atoms with Crippen LogP contribution in [-0.2, 0) is 30.8 Å². The van der Waals surface area contributed by atoms with E-state index in [0.29, 0.717) is 43.6 Å². The number of aryl methyl sites for hydroxylation is 1. The van der Waals surface area contributed by atoms with Crippen LogP contribution in [0, 0.1) is 0 Å². The highest BCUT2D eigenvalue weighted by molar-refractivity contribution is 9.10. The number of nitrogens with zero attached hydrogens (tertiary/aromatic N) is 8. The van der Waals surface area contributed by atoms with E-state index in [0.717, 1.165) is 147 Å². The van der Waals surface area contributed by atoms with Crippen LogP contribution in [0.5, 0.6) is 11.8 Å². The fraction of sp³-hybridized carbons (Fsp3) is 0.227. The third-order valence-electron chi connectivity index (χ3n) is 19.3. The third-order valence-corrected chi connectivity index (χ3v) is 21.9. The molecule has 1 saturated heterocycles. The first-order chi connectivity index (χ1) is 52.2. The number of carbonyl (C=O) groups excluding carboxylic acids is 2. The fourth-order valence-corrected chi connectivity index (χ4v) is 15.6. The zero-order valence-electron chi connectivity index (χ0n) is 61.7. The van der Waals surface area contributed by atoms with Crippen molar-refractivity contribution in [3.8, 4) is 78.8 Å². The zero-order chi connectivity index (χ0) is 76.1. The van der Waals surface area contributed by atoms with Crippen molar-refractivity contribution in [2.45, 2.75) is 57.8 Å². The quantitative estimate of drug-likeness (QED) is 0.0637. The van der Waals surface area contributed by atoms with E-state index in [1.54, 1.807) is 19.2 Å². The number of fused-ring (bicyclic) bond motifs is 4. The Bertz CT molecular complexity index is 5510. The summed E-state index contributed by atoms with van der Waals surface area (Å²) in [7, 11) is 15.7. The minimum absolute atomic E-state index is 0.152. The number of aromatic amines is 1. The van der Waals surface area contributed by atoms with Crippen LogP contribution in [0.1, 0.15) is 41.6 Å². The number of H-pyrrole nitrogens is 1. The molecule has 20 heteroatoms. The lowest BCUT2D eigenvalue weighted by molar-refractivity contribution is -0.119. The van der Waals surface area contributed by atoms with Crippen LogP contribution < -0.4 is 14.8 Å². The molecular weight excluding hydrogens is 1560 g/mol. The lowest BCUT2D eigenvalue weighted by Gasteiger charge is -2.15. The van der Waals surface area contributed by atoms with Gasteiger partial charge in [-0.1, -0.05) is 169 Å². The van der Waals surface area contributed by atoms with Gasteiger partial charge in [-0.05, 0) is 182 Å². The molecule has 0 unspecified atom stereocenters. The third kappa shape index (κ3) is 18.8. The van der Waals surface area contributed by atoms with Gasteiger partial charge in [0.05, 0.1) is 51.3 Å². The van der Waals surface area contributed by atoms with Gasteiger partial charge in [-0.15, -0.1) is 0 Å². The van der Waals surface area contributed by atoms with Crippen molar-refractivity contribution in [2.24, 2.45) is 0 Å². The maximum Gasteiger partial charge on any atom is 0.224 e. The van der Waals surface area contributed by atoms with Gasteiger partial charge < -0.3 is 48.2 Å². The Hall–Kier alpha value is -9.04. The van der Waals surface area contributed by atoms with Gasteiger partial charge in [-0.2, -0.15) is 0 Å². The second-order valence-corrected chi connectivity index (χ2v) is 30.9. The molecule has 7 heterocycles. The summed E-state index contributed by atoms with van der Waals surface area (Å²) >= 11 is 35.1. The molecule has 8 aromatic carbocycles. The first-order valence-electron chi connectivity index (χ1n) is 35.8. The second-order valence-electron chi connectivity index (χ2n) is 27.5. The van der Waals surface area contributed by atoms with Gasteiger partial charge in [0.25, 0.3) is 0 Å². The minimum Gasteiger partial charge on any atom is -0.481 e. The van der Waals surface area contributed by atoms with Crippen LogP contribution in [0.3, 0.4) is 0 Å². The number of nitrogens with one attached hydrogen (secondary N) is 2. The molecule has 14 nitrogen and oxygen atoms in total. The number of aldehydes is 1. The molecule has 1 aliphatic rings. The van der Waals surface area contributed by atoms with Crippen molar-refractivity contribution in [2.75, 3.05) is 76.1 Å². The summed E-state index contributed by atoms with van der Waals surface area (Å²) in [5.41, 5.74) is 16.5. The topological polar surface area (TPSA) is 131 Å². The highest BCUT2D eigenvalue weighted by Crippen LogP contribution is 2.45. The number of carbonyl (C=O) groups is 2. The van der Waals surface area contributed by atoms with E-state index in [-0.39, 0.29) is 17.8 Å². The fourth-order valence-electron chi connectivity index (χ4n) is 13.5. The SMILES string of the molecule is Brc1ccc2[nH]ccc2c1.CN(C)CCn1ccc2cc(Br)ccc21.COc1nc(-c2cccc(-c3cccc(-c4ccc5c(ccn5CCN(C)C)c4)c3Cl)c2Cl)ccc1C=O.COc1nc(-c2cccc(-c3cccc(-c4ccc5c(ccn5CCN(C)C)c4)c3Cl)c2Cl)ccc1CCC[C@@H]1CCC(=O)N1. The first-order valence-corrected chi connectivity index (χ1v) is 38.9. The largest absolute Gasteiger partial charge is 0.481 e. The smallest absolute Gasteiger partial charge is 0.224 e. The van der Waals surface area contributed by atoms with Gasteiger partial charge >= 0.3 is 0 Å². The predicted molar refractivity (Wildman–Crippen MR) is 456 cm³/mol. The number of hydrogen-bond donors (Lipinski definition) is 2. The number of methoxy groups -OCH3 is 2. The molecule has 108 heavy (non-hydrogen) atoms. The predicted octanol–water partition coefficient (Wildman–Crippen LogP) is 22.1. The molecule has 0 radical (unpaired) electrons. The summed E-state index contributed by atoms with van der Waals surface area (Å²) in [5, 5.41) is 10.3. The number of ether oxygens (including phenoxy) is 2. The highest BCUT2D eigenvalue weighted by Gasteiger charge is 2.23. The van der Waals surface area contributed by atoms with E-state index in [9.17, 15) is 9.59 Å². The van der Waals surface area contributed by atoms with Crippen molar-refractivity contribution in [3.05, 3.63) is 259 Å². The Balaban J connectivity index is 0.000000154. The van der Waals surface area contributed by atoms with Gasteiger partial charge in [0, 0.05) is 179 Å². The number of likely N-dealkylation sites (N-methyl/N-ethyl adjacent to an activating group) is 3. The number of hydrogen-bond acceptors (Lipinski definition) is 9. The normalized spacial score (nSPS) is 12.7. The molecule has 0 saturated carbocycles. The van der Waals surface area contributed by atoms with Gasteiger partial charge in [0.1, 0.15) is 0 Å². The summed E-state index contributed by atoms with van der Waals surface area (Å²) in [6.45, 7) is 5.93. The molecule has 554 valence electrons. The van der Waals surface area contributed by atoms with Crippen LogP contribution in [0.25, 0.3) is 111 Å². The molecule has 14 aromatic rings. The van der Waals surface area contributed by atoms with Gasteiger partial charge in [0.15, 0.2) is 6.29 Å². The molecule has 0 bridgehead atoms. The molecule has 1 fully saturated rings. The molecule has 6 aromatic heterocycles. The van der Waals surface area contributed by atoms with Crippen molar-refractivity contribution in [3.63, 3.8) is 0 Å². The standard InChI is InChI=1S/C37H38Cl2N4O2.C31H27Cl2N3O2.C12H15BrN2.C8H6BrN/c1-42(2)21-22-43-20-19-26-23-25(14-17-33(26)43)28-9-5-10-29(35(28)38)30-11-6-12-31(36(30)39)32-16-13-24(37(41-32)45-3)7-4-8-27-15-18-34(44)40-27;1-35(2)16-17-36-15-14-21-18-20(11-13-28(21)36)23-6-4-7-24(29(23)32)25-8-5-9-26(30(25)33)27-12-10-22(19-37)31(34-27)38-3;1-14(2)7-8-15-6-5-10-9-11(13)3-4-12(10)15;9-7-1-2-8-6(5-7)3-4-10-8/h5-6,9-14,16-17,19-20,23,27H,4,7-8,15,18,21-22H2,1-3H3,(H,40,44);4-15,18-19H,16-17H2,1-3H3;3-6,9H,7-8H2,1-2H3;1-5,10H/t27-;;;/m1.../s1. The first kappa shape index (κ1) is 78.5. The van der Waals surface area contributed by atoms with Crippen molar-refractivity contribution in [1.82, 2.24) is 48.7 Å². The molecule has 1 amide bonds. The Labute approximate surface area is 668 Å². The summed E-state index contributed by atoms with van der Waals surface area (Å²) in [6.07, 6.45) is 13.3. The summed E-state index contributed by atoms with van der Waals surface area (Å²) in [6, 6.07) is 65.6. The zero-order valence-corrected chi connectivity index (χ0v) is 67.9. The molecule has 15 rings (SSSR count). The Morgan fingerprint density at radius 3 is 1.38 bits per heavy atom. The maximum atomic E-state index is 11.5. The number of aromatic nitrogens is 6. The Morgan fingerprint density at radius 1 is 0.491 bits per heavy atom. The van der Waals surface area contributed by atoms with Crippen molar-refractivity contribution in [1.29, 1.82) is 0 Å². The van der Waals surface area contributed by atoms with Crippen molar-refractivity contribution >= 4 is 134 Å². The summed E-state index contributed by atoms with van der Waals surface area (Å²) in [5.74, 6) is 0.999. The number of amides is 1. The van der Waals surface area contributed by atoms with E-state index in [2.05, 4.69) is 240 Å². The number of halogens is 6. The average molecular weight is 1650 g/mol. The monoisotopic (exact) mass is 1640 g/mol. The number of benzene rings is 8. The van der Waals surface area contributed by atoms with Gasteiger partial charge in [-0.3, -0.25) is 9.59 Å². The van der Waals surface area contributed by atoms with Crippen LogP contribution in [0.15, 0.2) is 228 Å². The second kappa shape index (κ2) is 36.4. The lowest BCUT2D eigenvalue weighted by Crippen LogP contribution is -2.25. The lowest BCUT2D eigenvalue weighted by atomic mass is 9.96. The van der Waals surface area contributed by atoms with Crippen LogP contribution >= 0.6 is 78.3 Å². The van der Waals surface area contributed by atoms with E-state index in [4.69, 9.17) is 60.9 Å². The Morgan fingerprint density at radius 2 is 0.917 bits per heavy atom. The number of rotatable bonds is 22. The average Bonchev–Trinajstić information content (AvgIpc) is 1.05. The summed E-state index contributed by atoms with van der Waals surface area (Å²) < 4.78 is 20.1. The van der Waals surface area contributed by atoms with Crippen molar-refractivity contribution < 1.29 is 19.1 Å². The van der Waals surface area contributed by atoms with Crippen LogP contribution in [0.4, 0.5) is 0 Å². The van der Waals surface area contributed by atoms with E-state index in [1.165, 1.54) is 50.7 Å². The molecule has 1 aliphatic heterocycles. The van der Waals surface area contributed by atoms with Crippen LogP contribution in [-0.4, -0.2) is 138 Å². The minimum atomic E-state index is 0.152. The van der Waals surface area contributed by atoms with Crippen LogP contribution in [0.2, 0.25) is 20.1 Å². The van der Waals surface area contributed by atoms with E-state index in [1.807, 2.05) is 85.1 Å². The summed E-state index contributed by atoms with van der Waals surface area (Å²) in [4.78, 5) is 41.8. The molecule has 0 spiro atoms. The van der Waals surface area contributed by atoms with E-state index < -0.39 is 0 Å².